The third-order valence-electron chi connectivity index (χ3n) is 2.59. The van der Waals surface area contributed by atoms with Crippen molar-refractivity contribution in [2.24, 2.45) is 7.05 Å². The summed E-state index contributed by atoms with van der Waals surface area (Å²) in [6, 6.07) is 0. The number of unbranched alkanes of at least 4 members (excludes halogenated alkanes) is 2. The Labute approximate surface area is 105 Å². The van der Waals surface area contributed by atoms with Gasteiger partial charge in [-0.3, -0.25) is 4.79 Å². The van der Waals surface area contributed by atoms with Crippen LogP contribution in [-0.2, 0) is 23.2 Å². The predicted octanol–water partition coefficient (Wildman–Crippen LogP) is 1.95. The lowest BCUT2D eigenvalue weighted by molar-refractivity contribution is -0.396. The third-order valence-corrected chi connectivity index (χ3v) is 2.59. The molecule has 1 heterocycles. The minimum absolute atomic E-state index is 0.0162. The Morgan fingerprint density at radius 3 is 2.83 bits per heavy atom. The van der Waals surface area contributed by atoms with Crippen LogP contribution in [0, 0.1) is 10.1 Å². The van der Waals surface area contributed by atoms with Crippen molar-refractivity contribution in [2.75, 3.05) is 0 Å². The SMILES string of the molecule is CCCCCC(=O)OCc1cnc([N+](=O)[O-])n1C. The molecule has 0 fully saturated rings. The number of nitro groups is 1. The van der Waals surface area contributed by atoms with Gasteiger partial charge < -0.3 is 14.9 Å². The van der Waals surface area contributed by atoms with Crippen LogP contribution >= 0.6 is 0 Å². The van der Waals surface area contributed by atoms with E-state index < -0.39 is 4.92 Å². The van der Waals surface area contributed by atoms with Crippen molar-refractivity contribution in [1.29, 1.82) is 0 Å². The number of esters is 1. The molecule has 0 atom stereocenters. The second-order valence-corrected chi connectivity index (χ2v) is 3.98. The highest BCUT2D eigenvalue weighted by Crippen LogP contribution is 2.12. The molecule has 0 aliphatic rings. The molecule has 0 radical (unpaired) electrons. The number of hydrogen-bond donors (Lipinski definition) is 0. The minimum Gasteiger partial charge on any atom is -0.458 e. The van der Waals surface area contributed by atoms with Gasteiger partial charge in [0.2, 0.25) is 0 Å². The predicted molar refractivity (Wildman–Crippen MR) is 63.8 cm³/mol. The van der Waals surface area contributed by atoms with E-state index in [2.05, 4.69) is 11.9 Å². The summed E-state index contributed by atoms with van der Waals surface area (Å²) in [6.07, 6.45) is 4.57. The molecule has 18 heavy (non-hydrogen) atoms. The van der Waals surface area contributed by atoms with Gasteiger partial charge in [0.15, 0.2) is 5.69 Å². The van der Waals surface area contributed by atoms with E-state index in [4.69, 9.17) is 4.74 Å². The first-order chi connectivity index (χ1) is 8.56. The van der Waals surface area contributed by atoms with Crippen LogP contribution in [0.15, 0.2) is 6.20 Å². The Balaban J connectivity index is 2.44. The minimum atomic E-state index is -0.577. The van der Waals surface area contributed by atoms with Gasteiger partial charge in [-0.25, -0.2) is 4.57 Å². The number of nitrogens with zero attached hydrogens (tertiary/aromatic N) is 3. The van der Waals surface area contributed by atoms with E-state index in [1.54, 1.807) is 0 Å². The molecule has 0 aromatic carbocycles. The fourth-order valence-corrected chi connectivity index (χ4v) is 1.48. The number of rotatable bonds is 7. The summed E-state index contributed by atoms with van der Waals surface area (Å²) in [4.78, 5) is 25.0. The molecule has 0 aliphatic carbocycles. The fraction of sp³-hybridized carbons (Fsp3) is 0.636. The van der Waals surface area contributed by atoms with Crippen molar-refractivity contribution in [3.8, 4) is 0 Å². The van der Waals surface area contributed by atoms with E-state index in [1.807, 2.05) is 0 Å². The lowest BCUT2D eigenvalue weighted by atomic mass is 10.2. The monoisotopic (exact) mass is 255 g/mol. The van der Waals surface area contributed by atoms with Crippen LogP contribution in [0.25, 0.3) is 0 Å². The molecule has 0 aliphatic heterocycles. The number of aromatic nitrogens is 2. The second kappa shape index (κ2) is 6.73. The van der Waals surface area contributed by atoms with Crippen molar-refractivity contribution >= 4 is 11.9 Å². The zero-order valence-electron chi connectivity index (χ0n) is 10.6. The zero-order valence-corrected chi connectivity index (χ0v) is 10.6. The highest BCUT2D eigenvalue weighted by molar-refractivity contribution is 5.69. The Morgan fingerprint density at radius 1 is 1.56 bits per heavy atom. The number of carbonyl (C=O) groups excluding carboxylic acids is 1. The van der Waals surface area contributed by atoms with Gasteiger partial charge in [0.1, 0.15) is 12.8 Å². The first kappa shape index (κ1) is 14.1. The van der Waals surface area contributed by atoms with Crippen molar-refractivity contribution < 1.29 is 14.5 Å². The Hall–Kier alpha value is -1.92. The van der Waals surface area contributed by atoms with Gasteiger partial charge in [0.05, 0.1) is 7.05 Å². The lowest BCUT2D eigenvalue weighted by Gasteiger charge is -2.03. The van der Waals surface area contributed by atoms with Crippen molar-refractivity contribution in [1.82, 2.24) is 9.55 Å². The summed E-state index contributed by atoms with van der Waals surface area (Å²) in [5, 5.41) is 10.6. The highest BCUT2D eigenvalue weighted by Gasteiger charge is 2.18. The van der Waals surface area contributed by atoms with Gasteiger partial charge in [-0.1, -0.05) is 24.7 Å². The number of hydrogen-bond acceptors (Lipinski definition) is 5. The largest absolute Gasteiger partial charge is 0.458 e. The van der Waals surface area contributed by atoms with Crippen LogP contribution in [0.3, 0.4) is 0 Å². The van der Waals surface area contributed by atoms with Gasteiger partial charge in [-0.15, -0.1) is 0 Å². The van der Waals surface area contributed by atoms with Crippen LogP contribution in [0.2, 0.25) is 0 Å². The molecule has 0 saturated carbocycles. The molecule has 0 amide bonds. The summed E-state index contributed by atoms with van der Waals surface area (Å²) >= 11 is 0. The summed E-state index contributed by atoms with van der Waals surface area (Å²) in [5.41, 5.74) is 0.505. The van der Waals surface area contributed by atoms with E-state index >= 15 is 0 Å². The smallest absolute Gasteiger partial charge is 0.434 e. The first-order valence-corrected chi connectivity index (χ1v) is 5.86. The van der Waals surface area contributed by atoms with Crippen molar-refractivity contribution in [3.05, 3.63) is 22.0 Å². The van der Waals surface area contributed by atoms with Gasteiger partial charge >= 0.3 is 11.9 Å². The molecule has 1 aromatic heterocycles. The van der Waals surface area contributed by atoms with Crippen molar-refractivity contribution in [3.63, 3.8) is 0 Å². The quantitative estimate of drug-likeness (QED) is 0.321. The molecule has 0 unspecified atom stereocenters. The Kier molecular flexibility index (Phi) is 5.29. The maximum absolute atomic E-state index is 11.4. The Morgan fingerprint density at radius 2 is 2.28 bits per heavy atom. The topological polar surface area (TPSA) is 87.3 Å². The van der Waals surface area contributed by atoms with E-state index in [-0.39, 0.29) is 18.5 Å². The second-order valence-electron chi connectivity index (χ2n) is 3.98. The van der Waals surface area contributed by atoms with E-state index in [9.17, 15) is 14.9 Å². The first-order valence-electron chi connectivity index (χ1n) is 5.86. The zero-order chi connectivity index (χ0) is 13.5. The molecular formula is C11H17N3O4. The molecule has 0 saturated heterocycles. The van der Waals surface area contributed by atoms with Crippen LogP contribution in [0.5, 0.6) is 0 Å². The van der Waals surface area contributed by atoms with Gasteiger partial charge in [-0.05, 0) is 11.3 Å². The fourth-order valence-electron chi connectivity index (χ4n) is 1.48. The van der Waals surface area contributed by atoms with Crippen LogP contribution < -0.4 is 0 Å². The van der Waals surface area contributed by atoms with Gasteiger partial charge in [0, 0.05) is 6.42 Å². The summed E-state index contributed by atoms with van der Waals surface area (Å²) in [5.74, 6) is -0.542. The lowest BCUT2D eigenvalue weighted by Crippen LogP contribution is -2.08. The molecule has 7 heteroatoms. The average molecular weight is 255 g/mol. The molecule has 0 spiro atoms. The Bertz CT molecular complexity index is 428. The molecule has 0 N–H and O–H groups in total. The standard InChI is InChI=1S/C11H17N3O4/c1-3-4-5-6-10(15)18-8-9-7-12-11(13(9)2)14(16)17/h7H,3-6,8H2,1-2H3. The maximum Gasteiger partial charge on any atom is 0.434 e. The van der Waals surface area contributed by atoms with Crippen LogP contribution in [0.1, 0.15) is 38.3 Å². The average Bonchev–Trinajstić information content (AvgIpc) is 2.68. The number of imidazole rings is 1. The van der Waals surface area contributed by atoms with Crippen LogP contribution in [-0.4, -0.2) is 20.4 Å². The molecule has 0 bridgehead atoms. The number of ether oxygens (including phenoxy) is 1. The van der Waals surface area contributed by atoms with E-state index in [0.29, 0.717) is 12.1 Å². The molecule has 7 nitrogen and oxygen atoms in total. The molecule has 100 valence electrons. The van der Waals surface area contributed by atoms with E-state index in [0.717, 1.165) is 19.3 Å². The molecule has 1 rings (SSSR count). The van der Waals surface area contributed by atoms with Crippen molar-refractivity contribution in [2.45, 2.75) is 39.2 Å². The summed E-state index contributed by atoms with van der Waals surface area (Å²) < 4.78 is 6.33. The van der Waals surface area contributed by atoms with Gasteiger partial charge in [-0.2, -0.15) is 0 Å². The molecule has 1 aromatic rings. The van der Waals surface area contributed by atoms with Crippen LogP contribution in [0.4, 0.5) is 5.95 Å². The van der Waals surface area contributed by atoms with E-state index in [1.165, 1.54) is 17.8 Å². The highest BCUT2D eigenvalue weighted by atomic mass is 16.6. The summed E-state index contributed by atoms with van der Waals surface area (Å²) in [6.45, 7) is 2.07. The number of carbonyl (C=O) groups is 1. The normalized spacial score (nSPS) is 10.3. The van der Waals surface area contributed by atoms with Gasteiger partial charge in [0.25, 0.3) is 0 Å². The third kappa shape index (κ3) is 3.83. The summed E-state index contributed by atoms with van der Waals surface area (Å²) in [7, 11) is 1.52. The maximum atomic E-state index is 11.4. The molecular weight excluding hydrogens is 238 g/mol.